The van der Waals surface area contributed by atoms with Gasteiger partial charge in [-0.15, -0.1) is 0 Å². The summed E-state index contributed by atoms with van der Waals surface area (Å²) in [6, 6.07) is 11.4. The second-order valence-electron chi connectivity index (χ2n) is 5.34. The molecule has 0 heterocycles. The van der Waals surface area contributed by atoms with Crippen LogP contribution in [0.1, 0.15) is 35.3 Å². The molecule has 5 nitrogen and oxygen atoms in total. The highest BCUT2D eigenvalue weighted by Gasteiger charge is 2.19. The molecular formula is C19H18ClNO4. The van der Waals surface area contributed by atoms with Crippen LogP contribution in [0.25, 0.3) is 0 Å². The lowest BCUT2D eigenvalue weighted by atomic mass is 9.97. The molecule has 0 saturated heterocycles. The first-order valence-electron chi connectivity index (χ1n) is 7.77. The van der Waals surface area contributed by atoms with Crippen LogP contribution in [0.3, 0.4) is 0 Å². The molecule has 0 aromatic heterocycles. The zero-order valence-corrected chi connectivity index (χ0v) is 14.7. The Morgan fingerprint density at radius 2 is 1.76 bits per heavy atom. The fourth-order valence-corrected chi connectivity index (χ4v) is 2.51. The summed E-state index contributed by atoms with van der Waals surface area (Å²) in [5.41, 5.74) is 1.58. The molecule has 0 bridgehead atoms. The van der Waals surface area contributed by atoms with Gasteiger partial charge in [-0.1, -0.05) is 23.7 Å². The first-order valence-corrected chi connectivity index (χ1v) is 8.15. The summed E-state index contributed by atoms with van der Waals surface area (Å²) in [6.45, 7) is 3.32. The molecule has 6 heteroatoms. The maximum atomic E-state index is 12.8. The maximum absolute atomic E-state index is 12.8. The monoisotopic (exact) mass is 359 g/mol. The number of nitrogens with one attached hydrogen (secondary N) is 1. The Hall–Kier alpha value is -2.66. The third kappa shape index (κ3) is 4.90. The largest absolute Gasteiger partial charge is 0.466 e. The van der Waals surface area contributed by atoms with E-state index in [-0.39, 0.29) is 24.7 Å². The topological polar surface area (TPSA) is 72.5 Å². The number of anilines is 1. The average Bonchev–Trinajstić information content (AvgIpc) is 2.56. The molecule has 0 unspecified atom stereocenters. The van der Waals surface area contributed by atoms with Gasteiger partial charge in [0.05, 0.1) is 18.7 Å². The molecule has 0 fully saturated rings. The van der Waals surface area contributed by atoms with Crippen LogP contribution in [0.4, 0.5) is 5.69 Å². The molecule has 2 aromatic rings. The Morgan fingerprint density at radius 1 is 1.08 bits per heavy atom. The third-order valence-corrected chi connectivity index (χ3v) is 3.69. The van der Waals surface area contributed by atoms with Crippen LogP contribution in [0.15, 0.2) is 42.5 Å². The lowest BCUT2D eigenvalue weighted by molar-refractivity contribution is -0.142. The summed E-state index contributed by atoms with van der Waals surface area (Å²) in [5, 5.41) is 3.18. The van der Waals surface area contributed by atoms with Gasteiger partial charge in [-0.2, -0.15) is 0 Å². The predicted molar refractivity (Wildman–Crippen MR) is 96.0 cm³/mol. The number of carbonyl (C=O) groups is 3. The van der Waals surface area contributed by atoms with Gasteiger partial charge in [0.1, 0.15) is 0 Å². The minimum atomic E-state index is -0.426. The van der Waals surface area contributed by atoms with Crippen molar-refractivity contribution in [2.75, 3.05) is 11.9 Å². The van der Waals surface area contributed by atoms with Gasteiger partial charge >= 0.3 is 5.97 Å². The Kier molecular flexibility index (Phi) is 6.31. The molecule has 1 N–H and O–H groups in total. The Morgan fingerprint density at radius 3 is 2.36 bits per heavy atom. The van der Waals surface area contributed by atoms with Crippen molar-refractivity contribution in [1.82, 2.24) is 0 Å². The van der Waals surface area contributed by atoms with Crippen LogP contribution < -0.4 is 5.32 Å². The number of rotatable bonds is 6. The summed E-state index contributed by atoms with van der Waals surface area (Å²) in [4.78, 5) is 36.2. The van der Waals surface area contributed by atoms with Crippen molar-refractivity contribution in [3.8, 4) is 0 Å². The van der Waals surface area contributed by atoms with Crippen LogP contribution in [-0.2, 0) is 20.7 Å². The van der Waals surface area contributed by atoms with Crippen molar-refractivity contribution in [3.05, 3.63) is 64.2 Å². The van der Waals surface area contributed by atoms with Gasteiger partial charge in [0.15, 0.2) is 5.78 Å². The van der Waals surface area contributed by atoms with Crippen molar-refractivity contribution >= 4 is 34.9 Å². The van der Waals surface area contributed by atoms with E-state index in [9.17, 15) is 14.4 Å². The quantitative estimate of drug-likeness (QED) is 0.631. The van der Waals surface area contributed by atoms with E-state index in [1.54, 1.807) is 49.4 Å². The SMILES string of the molecule is CCOC(=O)Cc1cccc(C(=O)c2ccc(Cl)cc2)c1NC(C)=O. The summed E-state index contributed by atoms with van der Waals surface area (Å²) < 4.78 is 4.95. The molecule has 1 amide bonds. The maximum Gasteiger partial charge on any atom is 0.310 e. The second kappa shape index (κ2) is 8.44. The number of carbonyl (C=O) groups excluding carboxylic acids is 3. The highest BCUT2D eigenvalue weighted by atomic mass is 35.5. The number of para-hydroxylation sites is 1. The van der Waals surface area contributed by atoms with Crippen LogP contribution in [0.5, 0.6) is 0 Å². The van der Waals surface area contributed by atoms with Crippen molar-refractivity contribution < 1.29 is 19.1 Å². The molecule has 0 aliphatic rings. The number of ether oxygens (including phenoxy) is 1. The lowest BCUT2D eigenvalue weighted by Gasteiger charge is -2.14. The minimum Gasteiger partial charge on any atom is -0.466 e. The number of esters is 1. The summed E-state index contributed by atoms with van der Waals surface area (Å²) in [6.07, 6.45) is -0.0365. The highest BCUT2D eigenvalue weighted by molar-refractivity contribution is 6.30. The summed E-state index contributed by atoms with van der Waals surface area (Å²) in [7, 11) is 0. The third-order valence-electron chi connectivity index (χ3n) is 3.44. The minimum absolute atomic E-state index is 0.0365. The standard InChI is InChI=1S/C19H18ClNO4/c1-3-25-17(23)11-14-5-4-6-16(18(14)21-12(2)22)19(24)13-7-9-15(20)10-8-13/h4-10H,3,11H2,1-2H3,(H,21,22). The molecule has 0 spiro atoms. The Balaban J connectivity index is 2.45. The zero-order chi connectivity index (χ0) is 18.4. The van der Waals surface area contributed by atoms with Gasteiger partial charge in [0, 0.05) is 23.1 Å². The first kappa shape index (κ1) is 18.7. The number of ketones is 1. The Bertz CT molecular complexity index is 800. The average molecular weight is 360 g/mol. The van der Waals surface area contributed by atoms with Crippen molar-refractivity contribution in [1.29, 1.82) is 0 Å². The van der Waals surface area contributed by atoms with E-state index in [1.807, 2.05) is 0 Å². The molecule has 0 atom stereocenters. The molecule has 25 heavy (non-hydrogen) atoms. The van der Waals surface area contributed by atoms with Crippen LogP contribution in [-0.4, -0.2) is 24.3 Å². The number of amides is 1. The molecule has 2 rings (SSSR count). The van der Waals surface area contributed by atoms with Crippen molar-refractivity contribution in [3.63, 3.8) is 0 Å². The van der Waals surface area contributed by atoms with Gasteiger partial charge in [0.25, 0.3) is 0 Å². The van der Waals surface area contributed by atoms with E-state index in [2.05, 4.69) is 5.32 Å². The smallest absolute Gasteiger partial charge is 0.310 e. The van der Waals surface area contributed by atoms with E-state index < -0.39 is 5.97 Å². The van der Waals surface area contributed by atoms with E-state index in [0.29, 0.717) is 27.4 Å². The zero-order valence-electron chi connectivity index (χ0n) is 14.0. The van der Waals surface area contributed by atoms with E-state index in [1.165, 1.54) is 6.92 Å². The van der Waals surface area contributed by atoms with Crippen molar-refractivity contribution in [2.24, 2.45) is 0 Å². The van der Waals surface area contributed by atoms with E-state index in [0.717, 1.165) is 0 Å². The molecule has 130 valence electrons. The predicted octanol–water partition coefficient (Wildman–Crippen LogP) is 3.64. The van der Waals surface area contributed by atoms with Crippen LogP contribution in [0.2, 0.25) is 5.02 Å². The van der Waals surface area contributed by atoms with E-state index in [4.69, 9.17) is 16.3 Å². The highest BCUT2D eigenvalue weighted by Crippen LogP contribution is 2.25. The van der Waals surface area contributed by atoms with Crippen LogP contribution in [0, 0.1) is 0 Å². The van der Waals surface area contributed by atoms with E-state index >= 15 is 0 Å². The fourth-order valence-electron chi connectivity index (χ4n) is 2.38. The van der Waals surface area contributed by atoms with Gasteiger partial charge < -0.3 is 10.1 Å². The van der Waals surface area contributed by atoms with Crippen molar-refractivity contribution in [2.45, 2.75) is 20.3 Å². The molecule has 0 aliphatic heterocycles. The van der Waals surface area contributed by atoms with Crippen LogP contribution >= 0.6 is 11.6 Å². The second-order valence-corrected chi connectivity index (χ2v) is 5.78. The van der Waals surface area contributed by atoms with Gasteiger partial charge in [0.2, 0.25) is 5.91 Å². The summed E-state index contributed by atoms with van der Waals surface area (Å²) in [5.74, 6) is -1.03. The normalized spacial score (nSPS) is 10.2. The van der Waals surface area contributed by atoms with Gasteiger partial charge in [-0.25, -0.2) is 0 Å². The molecule has 2 aromatic carbocycles. The van der Waals surface area contributed by atoms with Gasteiger partial charge in [-0.05, 0) is 42.8 Å². The number of hydrogen-bond acceptors (Lipinski definition) is 4. The number of benzene rings is 2. The number of halogens is 1. The Labute approximate surface area is 150 Å². The molecule has 0 saturated carbocycles. The first-order chi connectivity index (χ1) is 11.9. The summed E-state index contributed by atoms with van der Waals surface area (Å²) >= 11 is 5.86. The fraction of sp³-hybridized carbons (Fsp3) is 0.211. The molecule has 0 aliphatic carbocycles. The lowest BCUT2D eigenvalue weighted by Crippen LogP contribution is -2.16. The number of hydrogen-bond donors (Lipinski definition) is 1. The molecule has 0 radical (unpaired) electrons. The van der Waals surface area contributed by atoms with Gasteiger partial charge in [-0.3, -0.25) is 14.4 Å². The molecular weight excluding hydrogens is 342 g/mol.